The van der Waals surface area contributed by atoms with Crippen LogP contribution < -0.4 is 9.46 Å². The molecule has 0 amide bonds. The quantitative estimate of drug-likeness (QED) is 0.735. The van der Waals surface area contributed by atoms with Crippen molar-refractivity contribution < 1.29 is 18.0 Å². The molecule has 1 aliphatic heterocycles. The van der Waals surface area contributed by atoms with Gasteiger partial charge >= 0.3 is 0 Å². The monoisotopic (exact) mass is 402 g/mol. The van der Waals surface area contributed by atoms with Gasteiger partial charge in [0.2, 0.25) is 10.0 Å². The molecule has 1 saturated carbocycles. The highest BCUT2D eigenvalue weighted by atomic mass is 32.2. The minimum Gasteiger partial charge on any atom is -0.489 e. The number of sulfonamides is 1. The average Bonchev–Trinajstić information content (AvgIpc) is 3.46. The third kappa shape index (κ3) is 4.55. The van der Waals surface area contributed by atoms with Crippen molar-refractivity contribution in [2.45, 2.75) is 30.7 Å². The van der Waals surface area contributed by atoms with Crippen LogP contribution in [0.4, 0.5) is 0 Å². The van der Waals surface area contributed by atoms with Crippen molar-refractivity contribution >= 4 is 10.0 Å². The van der Waals surface area contributed by atoms with Crippen LogP contribution >= 0.6 is 0 Å². The smallest absolute Gasteiger partial charge is 0.218 e. The first-order chi connectivity index (χ1) is 13.5. The molecule has 1 N–H and O–H groups in total. The van der Waals surface area contributed by atoms with Crippen LogP contribution in [0, 0.1) is 5.92 Å². The van der Waals surface area contributed by atoms with Gasteiger partial charge in [0.15, 0.2) is 0 Å². The van der Waals surface area contributed by atoms with E-state index in [2.05, 4.69) is 4.72 Å². The van der Waals surface area contributed by atoms with E-state index in [1.165, 1.54) is 0 Å². The fourth-order valence-electron chi connectivity index (χ4n) is 3.47. The lowest BCUT2D eigenvalue weighted by Gasteiger charge is -2.23. The van der Waals surface area contributed by atoms with Gasteiger partial charge < -0.3 is 4.74 Å². The fraction of sp³-hybridized carbons (Fsp3) is 0.429. The van der Waals surface area contributed by atoms with E-state index in [1.807, 2.05) is 54.6 Å². The molecule has 2 aromatic rings. The number of ether oxygens (including phenoxy) is 1. The van der Waals surface area contributed by atoms with Crippen LogP contribution in [0.25, 0.3) is 0 Å². The Balaban J connectivity index is 1.49. The van der Waals surface area contributed by atoms with Crippen molar-refractivity contribution in [1.82, 2.24) is 9.79 Å². The Hall–Kier alpha value is -1.93. The van der Waals surface area contributed by atoms with Crippen molar-refractivity contribution in [3.05, 3.63) is 65.7 Å². The highest BCUT2D eigenvalue weighted by Crippen LogP contribution is 2.35. The number of nitrogens with zero attached hydrogens (tertiary/aromatic N) is 1. The molecule has 7 heteroatoms. The second-order valence-corrected chi connectivity index (χ2v) is 9.49. The van der Waals surface area contributed by atoms with Crippen LogP contribution in [-0.2, 0) is 21.5 Å². The van der Waals surface area contributed by atoms with E-state index in [0.717, 1.165) is 24.0 Å². The molecule has 150 valence electrons. The van der Waals surface area contributed by atoms with E-state index >= 15 is 0 Å². The summed E-state index contributed by atoms with van der Waals surface area (Å²) < 4.78 is 34.4. The van der Waals surface area contributed by atoms with Gasteiger partial charge in [-0.15, -0.1) is 0 Å². The van der Waals surface area contributed by atoms with Gasteiger partial charge in [0.1, 0.15) is 17.6 Å². The molecule has 4 rings (SSSR count). The summed E-state index contributed by atoms with van der Waals surface area (Å²) in [5.41, 5.74) is 1.95. The van der Waals surface area contributed by atoms with Gasteiger partial charge in [-0.25, -0.2) is 13.1 Å². The maximum absolute atomic E-state index is 12.8. The van der Waals surface area contributed by atoms with Gasteiger partial charge in [-0.05, 0) is 42.0 Å². The summed E-state index contributed by atoms with van der Waals surface area (Å²) in [5, 5.41) is 0.984. The van der Waals surface area contributed by atoms with Gasteiger partial charge in [-0.3, -0.25) is 4.84 Å². The lowest BCUT2D eigenvalue weighted by atomic mass is 10.0. The molecule has 2 aliphatic rings. The van der Waals surface area contributed by atoms with E-state index in [-0.39, 0.29) is 12.6 Å². The van der Waals surface area contributed by atoms with Crippen LogP contribution in [0.15, 0.2) is 54.6 Å². The summed E-state index contributed by atoms with van der Waals surface area (Å²) in [6.07, 6.45) is 2.21. The Bertz CT molecular complexity index is 900. The minimum absolute atomic E-state index is 0.149. The molecule has 2 fully saturated rings. The molecular weight excluding hydrogens is 376 g/mol. The number of rotatable bonds is 8. The first-order valence-corrected chi connectivity index (χ1v) is 11.2. The van der Waals surface area contributed by atoms with Gasteiger partial charge in [0.05, 0.1) is 12.6 Å². The van der Waals surface area contributed by atoms with E-state index in [0.29, 0.717) is 24.8 Å². The van der Waals surface area contributed by atoms with Crippen LogP contribution in [-0.4, -0.2) is 38.9 Å². The van der Waals surface area contributed by atoms with Crippen molar-refractivity contribution in [3.63, 3.8) is 0 Å². The Morgan fingerprint density at radius 2 is 1.93 bits per heavy atom. The lowest BCUT2D eigenvalue weighted by Crippen LogP contribution is -2.40. The molecule has 0 spiro atoms. The molecule has 0 bridgehead atoms. The van der Waals surface area contributed by atoms with Crippen molar-refractivity contribution in [2.75, 3.05) is 20.2 Å². The molecule has 2 aromatic carbocycles. The zero-order chi connectivity index (χ0) is 19.6. The SMILES string of the molecule is CN1OC[C@H](S(=O)(=O)NCC2CC2)[C@@H]1c1cccc(OCc2ccccc2)c1. The second kappa shape index (κ2) is 8.21. The van der Waals surface area contributed by atoms with Crippen LogP contribution in [0.2, 0.25) is 0 Å². The number of benzene rings is 2. The third-order valence-corrected chi connectivity index (χ3v) is 7.06. The fourth-order valence-corrected chi connectivity index (χ4v) is 5.06. The number of hydrogen-bond acceptors (Lipinski definition) is 5. The summed E-state index contributed by atoms with van der Waals surface area (Å²) in [6, 6.07) is 17.2. The summed E-state index contributed by atoms with van der Waals surface area (Å²) >= 11 is 0. The van der Waals surface area contributed by atoms with Gasteiger partial charge in [-0.2, -0.15) is 5.06 Å². The second-order valence-electron chi connectivity index (χ2n) is 7.51. The predicted molar refractivity (Wildman–Crippen MR) is 107 cm³/mol. The van der Waals surface area contributed by atoms with Crippen molar-refractivity contribution in [1.29, 1.82) is 0 Å². The van der Waals surface area contributed by atoms with E-state index < -0.39 is 15.3 Å². The van der Waals surface area contributed by atoms with E-state index in [9.17, 15) is 8.42 Å². The minimum atomic E-state index is -3.47. The molecule has 0 aromatic heterocycles. The standard InChI is InChI=1S/C21H26N2O4S/c1-23-21(20(15-27-23)28(24,25)22-13-16-10-11-16)18-8-5-9-19(12-18)26-14-17-6-3-2-4-7-17/h2-9,12,16,20-22H,10-11,13-15H2,1H3/t20-,21-/m0/s1. The van der Waals surface area contributed by atoms with Gasteiger partial charge in [0.25, 0.3) is 0 Å². The molecule has 1 heterocycles. The molecule has 2 atom stereocenters. The molecule has 1 aliphatic carbocycles. The highest BCUT2D eigenvalue weighted by molar-refractivity contribution is 7.90. The lowest BCUT2D eigenvalue weighted by molar-refractivity contribution is -0.110. The van der Waals surface area contributed by atoms with E-state index in [4.69, 9.17) is 9.57 Å². The number of hydrogen-bond donors (Lipinski definition) is 1. The number of nitrogens with one attached hydrogen (secondary N) is 1. The Labute approximate surface area is 166 Å². The molecule has 28 heavy (non-hydrogen) atoms. The normalized spacial score (nSPS) is 23.0. The first kappa shape index (κ1) is 19.4. The molecular formula is C21H26N2O4S. The Morgan fingerprint density at radius 1 is 1.14 bits per heavy atom. The summed E-state index contributed by atoms with van der Waals surface area (Å²) in [4.78, 5) is 5.58. The van der Waals surface area contributed by atoms with Gasteiger partial charge in [0, 0.05) is 13.6 Å². The zero-order valence-corrected chi connectivity index (χ0v) is 16.8. The van der Waals surface area contributed by atoms with Crippen molar-refractivity contribution in [2.24, 2.45) is 5.92 Å². The molecule has 0 unspecified atom stereocenters. The summed E-state index contributed by atoms with van der Waals surface area (Å²) in [6.45, 7) is 1.14. The third-order valence-electron chi connectivity index (χ3n) is 5.30. The average molecular weight is 403 g/mol. The van der Waals surface area contributed by atoms with Crippen LogP contribution in [0.1, 0.15) is 30.0 Å². The maximum atomic E-state index is 12.8. The van der Waals surface area contributed by atoms with Crippen LogP contribution in [0.3, 0.4) is 0 Å². The first-order valence-electron chi connectivity index (χ1n) is 9.64. The maximum Gasteiger partial charge on any atom is 0.218 e. The Morgan fingerprint density at radius 3 is 2.68 bits per heavy atom. The van der Waals surface area contributed by atoms with E-state index in [1.54, 1.807) is 12.1 Å². The van der Waals surface area contributed by atoms with Crippen LogP contribution in [0.5, 0.6) is 5.75 Å². The Kier molecular flexibility index (Phi) is 5.68. The topological polar surface area (TPSA) is 67.9 Å². The summed E-state index contributed by atoms with van der Waals surface area (Å²) in [5.74, 6) is 1.20. The molecule has 0 radical (unpaired) electrons. The largest absolute Gasteiger partial charge is 0.489 e. The number of hydroxylamine groups is 2. The molecule has 1 saturated heterocycles. The molecule has 6 nitrogen and oxygen atoms in total. The van der Waals surface area contributed by atoms with Gasteiger partial charge in [-0.1, -0.05) is 42.5 Å². The van der Waals surface area contributed by atoms with Crippen molar-refractivity contribution in [3.8, 4) is 5.75 Å². The predicted octanol–water partition coefficient (Wildman–Crippen LogP) is 2.88. The highest BCUT2D eigenvalue weighted by Gasteiger charge is 2.43. The summed E-state index contributed by atoms with van der Waals surface area (Å²) in [7, 11) is -1.69. The zero-order valence-electron chi connectivity index (χ0n) is 16.0.